The van der Waals surface area contributed by atoms with Crippen molar-refractivity contribution in [3.8, 4) is 5.75 Å². The van der Waals surface area contributed by atoms with Gasteiger partial charge in [0, 0.05) is 17.0 Å². The summed E-state index contributed by atoms with van der Waals surface area (Å²) in [6.07, 6.45) is 1.53. The molecule has 282 valence electrons. The highest BCUT2D eigenvalue weighted by Gasteiger charge is 2.38. The number of hydrogen-bond donors (Lipinski definition) is 4. The lowest BCUT2D eigenvalue weighted by Crippen LogP contribution is -2.35. The maximum Gasteiger partial charge on any atom is 0.323 e. The lowest BCUT2D eigenvalue weighted by atomic mass is 10.1. The summed E-state index contributed by atoms with van der Waals surface area (Å²) in [5.41, 5.74) is -1.54. The van der Waals surface area contributed by atoms with Crippen LogP contribution in [-0.2, 0) is 42.4 Å². The number of aromatic nitrogens is 2. The number of allylic oxidation sites excluding steroid dienone is 1. The third-order valence-electron chi connectivity index (χ3n) is 7.61. The Kier molecular flexibility index (Phi) is 11.1. The predicted molar refractivity (Wildman–Crippen MR) is 189 cm³/mol. The second kappa shape index (κ2) is 15.1. The zero-order valence-electron chi connectivity index (χ0n) is 27.7. The molecule has 3 aromatic rings. The first-order valence-corrected chi connectivity index (χ1v) is 19.1. The number of methoxy groups -OCH3 is 1. The van der Waals surface area contributed by atoms with Crippen LogP contribution in [0.1, 0.15) is 18.9 Å². The van der Waals surface area contributed by atoms with Crippen LogP contribution in [0.15, 0.2) is 42.1 Å². The summed E-state index contributed by atoms with van der Waals surface area (Å²) in [6.45, 7) is 0.331. The van der Waals surface area contributed by atoms with Crippen LogP contribution in [0.2, 0.25) is 0 Å². The molecular weight excluding hydrogens is 785 g/mol. The Balaban J connectivity index is 1.78. The standard InChI is InChI=1S/C30H28N4O15S4/c1-13-7-15-17(9-16(13)48-3)50-18(31(15)5-4-6-53(45,46)47)8-14(2)22-25(41)32(10-19(35)36)28(49-22)23-26(42)33(11-20(37)38)29(51-23)24-27(43)34(12-21(39)40)30(44)52-24/h7-9H,4-6,10-12H2,1-3H3,(H,35,36)(H,37,38)(H,39,40)(H,45,46,47)/b18-8?,22-14?,28-23+,29-24+. The van der Waals surface area contributed by atoms with Crippen molar-refractivity contribution in [3.05, 3.63) is 69.7 Å². The number of carbonyl (C=O) groups excluding carboxylic acids is 2. The molecule has 0 spiro atoms. The minimum absolute atomic E-state index is 0.0133. The SMILES string of the molecule is COc1cc2c(cc1C)N(CCCS(=O)(=O)O)C(=CC(C)=c1o/c(=c3/s/c(=C4/SC(=O)N(CC(=O)O)C4=O)n(CC(=O)O)c3=O)n(CC(=O)O)c1=O)S2. The third-order valence-corrected chi connectivity index (χ3v) is 11.8. The lowest BCUT2D eigenvalue weighted by Gasteiger charge is -2.21. The number of imide groups is 1. The number of carbonyl (C=O) groups is 5. The molecule has 0 atom stereocenters. The highest BCUT2D eigenvalue weighted by molar-refractivity contribution is 8.23. The maximum absolute atomic E-state index is 13.8. The molecule has 23 heteroatoms. The summed E-state index contributed by atoms with van der Waals surface area (Å²) in [5, 5.41) is 27.8. The van der Waals surface area contributed by atoms with Crippen molar-refractivity contribution in [3.63, 3.8) is 0 Å². The fourth-order valence-electron chi connectivity index (χ4n) is 5.35. The van der Waals surface area contributed by atoms with Gasteiger partial charge in [0.15, 0.2) is 9.95 Å². The molecule has 2 aliphatic heterocycles. The molecule has 1 aromatic carbocycles. The largest absolute Gasteiger partial charge is 0.496 e. The highest BCUT2D eigenvalue weighted by Crippen LogP contribution is 2.48. The molecule has 2 amide bonds. The lowest BCUT2D eigenvalue weighted by molar-refractivity contribution is -0.140. The molecule has 4 N–H and O–H groups in total. The molecule has 2 aromatic heterocycles. The number of anilines is 1. The number of ether oxygens (including phenoxy) is 1. The van der Waals surface area contributed by atoms with E-state index in [2.05, 4.69) is 0 Å². The smallest absolute Gasteiger partial charge is 0.323 e. The van der Waals surface area contributed by atoms with Crippen molar-refractivity contribution in [2.24, 2.45) is 0 Å². The van der Waals surface area contributed by atoms with Gasteiger partial charge in [0.05, 0.1) is 23.6 Å². The van der Waals surface area contributed by atoms with Gasteiger partial charge >= 0.3 is 17.9 Å². The number of aliphatic carboxylic acids is 3. The number of amides is 2. The van der Waals surface area contributed by atoms with Gasteiger partial charge in [-0.2, -0.15) is 8.42 Å². The van der Waals surface area contributed by atoms with Crippen molar-refractivity contribution >= 4 is 90.2 Å². The van der Waals surface area contributed by atoms with E-state index in [0.29, 0.717) is 46.7 Å². The Morgan fingerprint density at radius 3 is 2.17 bits per heavy atom. The summed E-state index contributed by atoms with van der Waals surface area (Å²) >= 11 is 1.94. The van der Waals surface area contributed by atoms with Crippen molar-refractivity contribution in [1.29, 1.82) is 0 Å². The van der Waals surface area contributed by atoms with Crippen LogP contribution in [0, 0.1) is 17.0 Å². The van der Waals surface area contributed by atoms with Gasteiger partial charge in [0.1, 0.15) is 35.0 Å². The van der Waals surface area contributed by atoms with Crippen LogP contribution in [0.25, 0.3) is 10.5 Å². The molecule has 0 bridgehead atoms. The topological polar surface area (TPSA) is 273 Å². The van der Waals surface area contributed by atoms with Crippen LogP contribution in [-0.4, -0.2) is 97.3 Å². The van der Waals surface area contributed by atoms with Crippen molar-refractivity contribution in [2.45, 2.75) is 38.3 Å². The fourth-order valence-corrected chi connectivity index (χ4v) is 9.19. The first kappa shape index (κ1) is 39.1. The average molecular weight is 813 g/mol. The number of thioether (sulfide) groups is 2. The molecule has 2 aliphatic rings. The molecule has 1 saturated heterocycles. The fraction of sp³-hybridized carbons (Fsp3) is 0.300. The minimum atomic E-state index is -4.28. The molecule has 0 aliphatic carbocycles. The van der Waals surface area contributed by atoms with E-state index in [4.69, 9.17) is 14.3 Å². The number of nitrogens with zero attached hydrogens (tertiary/aromatic N) is 4. The van der Waals surface area contributed by atoms with Crippen LogP contribution in [0.4, 0.5) is 10.5 Å². The first-order valence-electron chi connectivity index (χ1n) is 15.0. The second-order valence-corrected chi connectivity index (χ2v) is 16.0. The molecule has 4 heterocycles. The number of carboxylic acid groups (broad SMARTS) is 3. The highest BCUT2D eigenvalue weighted by atomic mass is 32.2. The Labute approximate surface area is 309 Å². The van der Waals surface area contributed by atoms with Crippen molar-refractivity contribution in [2.75, 3.05) is 30.9 Å². The summed E-state index contributed by atoms with van der Waals surface area (Å²) in [7, 11) is -2.78. The van der Waals surface area contributed by atoms with E-state index < -0.39 is 96.1 Å². The van der Waals surface area contributed by atoms with E-state index in [0.717, 1.165) is 5.56 Å². The Morgan fingerprint density at radius 1 is 0.925 bits per heavy atom. The van der Waals surface area contributed by atoms with Crippen LogP contribution in [0.3, 0.4) is 0 Å². The molecule has 1 fully saturated rings. The molecule has 0 unspecified atom stereocenters. The summed E-state index contributed by atoms with van der Waals surface area (Å²) < 4.78 is 43.9. The molecule has 5 rings (SSSR count). The Morgan fingerprint density at radius 2 is 1.57 bits per heavy atom. The van der Waals surface area contributed by atoms with Gasteiger partial charge in [-0.3, -0.25) is 52.1 Å². The second-order valence-electron chi connectivity index (χ2n) is 11.4. The number of benzene rings is 1. The number of rotatable bonds is 12. The van der Waals surface area contributed by atoms with Gasteiger partial charge < -0.3 is 29.4 Å². The number of carboxylic acids is 3. The quantitative estimate of drug-likeness (QED) is 0.178. The van der Waals surface area contributed by atoms with Gasteiger partial charge in [-0.15, -0.1) is 11.3 Å². The average Bonchev–Trinajstić information content (AvgIpc) is 3.74. The van der Waals surface area contributed by atoms with Gasteiger partial charge in [0.2, 0.25) is 5.55 Å². The first-order chi connectivity index (χ1) is 24.8. The predicted octanol–water partition coefficient (Wildman–Crippen LogP) is 0.228. The van der Waals surface area contributed by atoms with Gasteiger partial charge in [0.25, 0.3) is 32.4 Å². The van der Waals surface area contributed by atoms with Crippen molar-refractivity contribution in [1.82, 2.24) is 14.0 Å². The number of hydrogen-bond acceptors (Lipinski definition) is 15. The number of oxazole rings is 1. The molecule has 53 heavy (non-hydrogen) atoms. The van der Waals surface area contributed by atoms with E-state index in [1.165, 1.54) is 31.9 Å². The van der Waals surface area contributed by atoms with Crippen LogP contribution < -0.4 is 30.8 Å². The maximum atomic E-state index is 13.8. The number of thiazole rings is 1. The van der Waals surface area contributed by atoms with E-state index in [1.807, 2.05) is 6.07 Å². The van der Waals surface area contributed by atoms with Gasteiger partial charge in [-0.25, -0.2) is 0 Å². The molecular formula is C30H28N4O15S4. The molecule has 0 saturated carbocycles. The summed E-state index contributed by atoms with van der Waals surface area (Å²) in [5.74, 6) is -5.64. The van der Waals surface area contributed by atoms with Crippen LogP contribution >= 0.6 is 34.9 Å². The monoisotopic (exact) mass is 812 g/mol. The van der Waals surface area contributed by atoms with E-state index in [9.17, 15) is 56.7 Å². The normalized spacial score (nSPS) is 17.5. The zero-order valence-corrected chi connectivity index (χ0v) is 30.9. The Hall–Kier alpha value is -5.10. The summed E-state index contributed by atoms with van der Waals surface area (Å²) in [4.78, 5) is 90.3. The van der Waals surface area contributed by atoms with E-state index in [1.54, 1.807) is 17.9 Å². The molecule has 19 nitrogen and oxygen atoms in total. The number of aryl methyl sites for hydroxylation is 1. The molecule has 0 radical (unpaired) electrons. The number of fused-ring (bicyclic) bond motifs is 1. The van der Waals surface area contributed by atoms with Gasteiger partial charge in [-0.1, -0.05) is 11.8 Å². The zero-order chi connectivity index (χ0) is 39.1. The minimum Gasteiger partial charge on any atom is -0.496 e. The van der Waals surface area contributed by atoms with E-state index in [-0.39, 0.29) is 35.0 Å². The van der Waals surface area contributed by atoms with E-state index >= 15 is 0 Å². The van der Waals surface area contributed by atoms with Crippen LogP contribution in [0.5, 0.6) is 5.75 Å². The summed E-state index contributed by atoms with van der Waals surface area (Å²) in [6, 6.07) is 3.58. The van der Waals surface area contributed by atoms with Crippen molar-refractivity contribution < 1.29 is 61.4 Å². The Bertz CT molecular complexity index is 2600. The van der Waals surface area contributed by atoms with Gasteiger partial charge in [-0.05, 0) is 55.8 Å². The third kappa shape index (κ3) is 8.12.